The highest BCUT2D eigenvalue weighted by Gasteiger charge is 2.16. The third-order valence-electron chi connectivity index (χ3n) is 3.27. The minimum Gasteiger partial charge on any atom is -0.207 e. The molecular weight excluding hydrogens is 315 g/mol. The van der Waals surface area contributed by atoms with Gasteiger partial charge in [-0.3, -0.25) is 0 Å². The van der Waals surface area contributed by atoms with Gasteiger partial charge in [0.2, 0.25) is 0 Å². The molecule has 2 rings (SSSR count). The van der Waals surface area contributed by atoms with Gasteiger partial charge in [-0.1, -0.05) is 45.0 Å². The van der Waals surface area contributed by atoms with Gasteiger partial charge in [-0.2, -0.15) is 13.5 Å². The molecule has 1 N–H and O–H groups in total. The Morgan fingerprint density at radius 3 is 2.30 bits per heavy atom. The van der Waals surface area contributed by atoms with Crippen LogP contribution in [0.3, 0.4) is 0 Å². The Kier molecular flexibility index (Phi) is 4.85. The number of rotatable bonds is 4. The average molecular weight is 334 g/mol. The quantitative estimate of drug-likeness (QED) is 0.688. The first-order valence-electron chi connectivity index (χ1n) is 7.09. The van der Waals surface area contributed by atoms with Gasteiger partial charge in [0.15, 0.2) is 0 Å². The second kappa shape index (κ2) is 6.50. The van der Waals surface area contributed by atoms with E-state index >= 15 is 0 Å². The summed E-state index contributed by atoms with van der Waals surface area (Å²) in [6.07, 6.45) is 1.25. The van der Waals surface area contributed by atoms with Crippen LogP contribution >= 0.6 is 0 Å². The van der Waals surface area contributed by atoms with Gasteiger partial charge in [-0.15, -0.1) is 0 Å². The Labute approximate surface area is 136 Å². The summed E-state index contributed by atoms with van der Waals surface area (Å²) in [5.74, 6) is -0.408. The fourth-order valence-corrected chi connectivity index (χ4v) is 2.74. The van der Waals surface area contributed by atoms with E-state index in [4.69, 9.17) is 0 Å². The lowest BCUT2D eigenvalue weighted by Crippen LogP contribution is -2.19. The van der Waals surface area contributed by atoms with Gasteiger partial charge in [-0.25, -0.2) is 9.22 Å². The van der Waals surface area contributed by atoms with Crippen molar-refractivity contribution >= 4 is 16.2 Å². The van der Waals surface area contributed by atoms with Crippen molar-refractivity contribution in [2.24, 2.45) is 5.10 Å². The maximum Gasteiger partial charge on any atom is 0.276 e. The number of sulfonamides is 1. The maximum atomic E-state index is 13.0. The second-order valence-corrected chi connectivity index (χ2v) is 7.84. The molecule has 6 heteroatoms. The van der Waals surface area contributed by atoms with Gasteiger partial charge in [0, 0.05) is 0 Å². The summed E-state index contributed by atoms with van der Waals surface area (Å²) in [6, 6.07) is 12.4. The van der Waals surface area contributed by atoms with Gasteiger partial charge in [-0.05, 0) is 40.8 Å². The van der Waals surface area contributed by atoms with Crippen LogP contribution in [0.25, 0.3) is 0 Å². The molecule has 0 unspecified atom stereocenters. The summed E-state index contributed by atoms with van der Waals surface area (Å²) in [5.41, 5.74) is 1.46. The van der Waals surface area contributed by atoms with Crippen molar-refractivity contribution in [3.05, 3.63) is 65.5 Å². The minimum absolute atomic E-state index is 0.0503. The van der Waals surface area contributed by atoms with Gasteiger partial charge in [0.25, 0.3) is 10.0 Å². The molecule has 23 heavy (non-hydrogen) atoms. The number of halogens is 1. The zero-order chi connectivity index (χ0) is 17.1. The number of benzene rings is 2. The van der Waals surface area contributed by atoms with Crippen LogP contribution < -0.4 is 4.83 Å². The van der Waals surface area contributed by atoms with Crippen molar-refractivity contribution in [3.8, 4) is 0 Å². The van der Waals surface area contributed by atoms with Crippen LogP contribution in [-0.2, 0) is 15.4 Å². The molecule has 0 saturated carbocycles. The monoisotopic (exact) mass is 334 g/mol. The molecule has 0 aliphatic carbocycles. The molecule has 0 bridgehead atoms. The third-order valence-corrected chi connectivity index (χ3v) is 4.50. The zero-order valence-electron chi connectivity index (χ0n) is 13.2. The van der Waals surface area contributed by atoms with E-state index in [0.717, 1.165) is 5.56 Å². The molecular formula is C17H19FN2O2S. The van der Waals surface area contributed by atoms with Crippen LogP contribution in [0.5, 0.6) is 0 Å². The molecule has 0 aliphatic heterocycles. The summed E-state index contributed by atoms with van der Waals surface area (Å²) in [5, 5.41) is 3.67. The van der Waals surface area contributed by atoms with E-state index in [1.54, 1.807) is 30.3 Å². The first-order chi connectivity index (χ1) is 10.7. The number of nitrogens with zero attached hydrogens (tertiary/aromatic N) is 1. The SMILES string of the molecule is CC(C)(C)c1ccc(S(=O)(=O)N/N=C/c2cccc(F)c2)cc1. The Bertz CT molecular complexity index is 807. The third kappa shape index (κ3) is 4.63. The molecule has 0 saturated heterocycles. The van der Waals surface area contributed by atoms with E-state index in [9.17, 15) is 12.8 Å². The van der Waals surface area contributed by atoms with Crippen molar-refractivity contribution in [2.75, 3.05) is 0 Å². The van der Waals surface area contributed by atoms with E-state index in [1.165, 1.54) is 24.4 Å². The lowest BCUT2D eigenvalue weighted by atomic mass is 9.87. The largest absolute Gasteiger partial charge is 0.276 e. The molecule has 0 radical (unpaired) electrons. The van der Waals surface area contributed by atoms with Gasteiger partial charge in [0.05, 0.1) is 11.1 Å². The van der Waals surface area contributed by atoms with Crippen molar-refractivity contribution in [1.82, 2.24) is 4.83 Å². The van der Waals surface area contributed by atoms with Crippen LogP contribution in [0.1, 0.15) is 31.9 Å². The molecule has 0 amide bonds. The molecule has 4 nitrogen and oxygen atoms in total. The molecule has 0 heterocycles. The average Bonchev–Trinajstić information content (AvgIpc) is 2.46. The smallest absolute Gasteiger partial charge is 0.207 e. The Balaban J connectivity index is 2.13. The maximum absolute atomic E-state index is 13.0. The highest BCUT2D eigenvalue weighted by Crippen LogP contribution is 2.23. The number of hydrogen-bond acceptors (Lipinski definition) is 3. The van der Waals surface area contributed by atoms with Crippen molar-refractivity contribution in [2.45, 2.75) is 31.1 Å². The molecule has 0 aromatic heterocycles. The van der Waals surface area contributed by atoms with Crippen LogP contribution in [0, 0.1) is 5.82 Å². The summed E-state index contributed by atoms with van der Waals surface area (Å²) in [4.78, 5) is 2.25. The van der Waals surface area contributed by atoms with Crippen LogP contribution in [0.4, 0.5) is 4.39 Å². The lowest BCUT2D eigenvalue weighted by Gasteiger charge is -2.19. The number of hydrazone groups is 1. The normalized spacial score (nSPS) is 12.5. The minimum atomic E-state index is -3.74. The van der Waals surface area contributed by atoms with E-state index in [2.05, 4.69) is 30.7 Å². The molecule has 0 aliphatic rings. The van der Waals surface area contributed by atoms with Crippen molar-refractivity contribution < 1.29 is 12.8 Å². The first-order valence-corrected chi connectivity index (χ1v) is 8.58. The molecule has 0 spiro atoms. The summed E-state index contributed by atoms with van der Waals surface area (Å²) in [6.45, 7) is 6.16. The van der Waals surface area contributed by atoms with Crippen molar-refractivity contribution in [1.29, 1.82) is 0 Å². The predicted molar refractivity (Wildman–Crippen MR) is 89.5 cm³/mol. The molecule has 122 valence electrons. The van der Waals surface area contributed by atoms with Crippen LogP contribution in [0.15, 0.2) is 58.5 Å². The van der Waals surface area contributed by atoms with Crippen LogP contribution in [-0.4, -0.2) is 14.6 Å². The van der Waals surface area contributed by atoms with Crippen LogP contribution in [0.2, 0.25) is 0 Å². The van der Waals surface area contributed by atoms with Gasteiger partial charge in [0.1, 0.15) is 5.82 Å². The lowest BCUT2D eigenvalue weighted by molar-refractivity contribution is 0.580. The Hall–Kier alpha value is -2.21. The molecule has 0 atom stereocenters. The fraction of sp³-hybridized carbons (Fsp3) is 0.235. The van der Waals surface area contributed by atoms with E-state index in [1.807, 2.05) is 0 Å². The summed E-state index contributed by atoms with van der Waals surface area (Å²) >= 11 is 0. The topological polar surface area (TPSA) is 58.5 Å². The Morgan fingerprint density at radius 1 is 1.09 bits per heavy atom. The second-order valence-electron chi connectivity index (χ2n) is 6.18. The summed E-state index contributed by atoms with van der Waals surface area (Å²) < 4.78 is 37.3. The molecule has 0 fully saturated rings. The standard InChI is InChI=1S/C17H19FN2O2S/c1-17(2,3)14-7-9-16(10-8-14)23(21,22)20-19-12-13-5-4-6-15(18)11-13/h4-12,20H,1-3H3/b19-12+. The molecule has 2 aromatic carbocycles. The van der Waals surface area contributed by atoms with E-state index in [-0.39, 0.29) is 10.3 Å². The van der Waals surface area contributed by atoms with Gasteiger partial charge >= 0.3 is 0 Å². The molecule has 2 aromatic rings. The highest BCUT2D eigenvalue weighted by atomic mass is 32.2. The number of nitrogens with one attached hydrogen (secondary N) is 1. The predicted octanol–water partition coefficient (Wildman–Crippen LogP) is 3.44. The zero-order valence-corrected chi connectivity index (χ0v) is 14.1. The summed E-state index contributed by atoms with van der Waals surface area (Å²) in [7, 11) is -3.74. The highest BCUT2D eigenvalue weighted by molar-refractivity contribution is 7.89. The van der Waals surface area contributed by atoms with E-state index < -0.39 is 15.8 Å². The first kappa shape index (κ1) is 17.1. The van der Waals surface area contributed by atoms with E-state index in [0.29, 0.717) is 5.56 Å². The Morgan fingerprint density at radius 2 is 1.74 bits per heavy atom. The van der Waals surface area contributed by atoms with Gasteiger partial charge < -0.3 is 0 Å². The van der Waals surface area contributed by atoms with Crippen molar-refractivity contribution in [3.63, 3.8) is 0 Å². The fourth-order valence-electron chi connectivity index (χ4n) is 1.94. The number of hydrogen-bond donors (Lipinski definition) is 1.